The molecular formula is C22H24N4O2S. The summed E-state index contributed by atoms with van der Waals surface area (Å²) in [7, 11) is 1.97. The van der Waals surface area contributed by atoms with Crippen LogP contribution in [0.15, 0.2) is 59.8 Å². The highest BCUT2D eigenvalue weighted by Gasteiger charge is 2.30. The van der Waals surface area contributed by atoms with Gasteiger partial charge in [0.1, 0.15) is 18.2 Å². The van der Waals surface area contributed by atoms with Crippen molar-refractivity contribution in [2.45, 2.75) is 42.7 Å². The Morgan fingerprint density at radius 1 is 1.17 bits per heavy atom. The number of hydrogen-bond acceptors (Lipinski definition) is 5. The number of aromatic nitrogens is 3. The summed E-state index contributed by atoms with van der Waals surface area (Å²) >= 11 is 1.43. The van der Waals surface area contributed by atoms with E-state index in [0.717, 1.165) is 28.0 Å². The Morgan fingerprint density at radius 2 is 1.90 bits per heavy atom. The summed E-state index contributed by atoms with van der Waals surface area (Å²) in [5, 5.41) is 12.0. The molecule has 150 valence electrons. The van der Waals surface area contributed by atoms with Crippen LogP contribution in [-0.4, -0.2) is 25.9 Å². The van der Waals surface area contributed by atoms with Crippen LogP contribution < -0.4 is 10.1 Å². The van der Waals surface area contributed by atoms with Crippen molar-refractivity contribution in [2.75, 3.05) is 5.32 Å². The lowest BCUT2D eigenvalue weighted by atomic mass is 10.2. The van der Waals surface area contributed by atoms with Crippen molar-refractivity contribution in [3.63, 3.8) is 0 Å². The maximum Gasteiger partial charge on any atom is 0.237 e. The molecule has 4 rings (SSSR count). The second-order valence-corrected chi connectivity index (χ2v) is 8.53. The van der Waals surface area contributed by atoms with E-state index in [9.17, 15) is 4.79 Å². The van der Waals surface area contributed by atoms with Crippen LogP contribution in [0.25, 0.3) is 0 Å². The first kappa shape index (κ1) is 19.5. The fraction of sp³-hybridized carbons (Fsp3) is 0.318. The highest BCUT2D eigenvalue weighted by molar-refractivity contribution is 8.00. The summed E-state index contributed by atoms with van der Waals surface area (Å²) in [5.74, 6) is 2.25. The van der Waals surface area contributed by atoms with Crippen molar-refractivity contribution >= 4 is 23.4 Å². The second kappa shape index (κ2) is 8.69. The van der Waals surface area contributed by atoms with Crippen molar-refractivity contribution < 1.29 is 9.53 Å². The number of ether oxygens (including phenoxy) is 1. The zero-order chi connectivity index (χ0) is 20.2. The first-order chi connectivity index (χ1) is 14.1. The molecular weight excluding hydrogens is 384 g/mol. The van der Waals surface area contributed by atoms with Gasteiger partial charge in [-0.25, -0.2) is 0 Å². The van der Waals surface area contributed by atoms with E-state index >= 15 is 0 Å². The molecule has 1 heterocycles. The van der Waals surface area contributed by atoms with Gasteiger partial charge in [-0.2, -0.15) is 0 Å². The van der Waals surface area contributed by atoms with E-state index in [1.165, 1.54) is 24.6 Å². The molecule has 1 unspecified atom stereocenters. The fourth-order valence-electron chi connectivity index (χ4n) is 2.96. The number of carbonyl (C=O) groups is 1. The predicted molar refractivity (Wildman–Crippen MR) is 114 cm³/mol. The minimum absolute atomic E-state index is 0.0658. The molecule has 1 aromatic heterocycles. The molecule has 1 N–H and O–H groups in total. The molecule has 1 atom stereocenters. The molecule has 0 spiro atoms. The summed E-state index contributed by atoms with van der Waals surface area (Å²) in [6, 6.07) is 17.4. The van der Waals surface area contributed by atoms with Gasteiger partial charge in [-0.1, -0.05) is 42.1 Å². The lowest BCUT2D eigenvalue weighted by Gasteiger charge is -2.12. The Hall–Kier alpha value is -2.80. The van der Waals surface area contributed by atoms with Crippen molar-refractivity contribution in [2.24, 2.45) is 7.05 Å². The molecule has 29 heavy (non-hydrogen) atoms. The van der Waals surface area contributed by atoms with E-state index in [4.69, 9.17) is 4.74 Å². The predicted octanol–water partition coefficient (Wildman–Crippen LogP) is 4.39. The number of hydrogen-bond donors (Lipinski definition) is 1. The third kappa shape index (κ3) is 4.98. The van der Waals surface area contributed by atoms with Crippen LogP contribution in [0.1, 0.15) is 37.1 Å². The minimum atomic E-state index is -0.279. The van der Waals surface area contributed by atoms with E-state index in [1.54, 1.807) is 0 Å². The maximum atomic E-state index is 12.6. The van der Waals surface area contributed by atoms with Crippen LogP contribution in [0.3, 0.4) is 0 Å². The Labute approximate surface area is 174 Å². The first-order valence-electron chi connectivity index (χ1n) is 9.74. The number of anilines is 1. The molecule has 1 saturated carbocycles. The van der Waals surface area contributed by atoms with Crippen LogP contribution in [0, 0.1) is 0 Å². The number of carbonyl (C=O) groups excluding carboxylic acids is 1. The van der Waals surface area contributed by atoms with Crippen molar-refractivity contribution in [1.82, 2.24) is 14.8 Å². The quantitative estimate of drug-likeness (QED) is 0.560. The summed E-state index contributed by atoms with van der Waals surface area (Å²) in [6.07, 6.45) is 2.36. The summed E-state index contributed by atoms with van der Waals surface area (Å²) in [5.41, 5.74) is 1.86. The molecule has 3 aromatic rings. The van der Waals surface area contributed by atoms with E-state index in [0.29, 0.717) is 12.5 Å². The van der Waals surface area contributed by atoms with Crippen LogP contribution in [-0.2, 0) is 18.4 Å². The topological polar surface area (TPSA) is 69.0 Å². The van der Waals surface area contributed by atoms with Gasteiger partial charge in [0.05, 0.1) is 5.25 Å². The van der Waals surface area contributed by atoms with Crippen LogP contribution in [0.5, 0.6) is 5.75 Å². The van der Waals surface area contributed by atoms with Crippen LogP contribution in [0.4, 0.5) is 5.69 Å². The molecule has 0 radical (unpaired) electrons. The molecule has 0 saturated heterocycles. The maximum absolute atomic E-state index is 12.6. The third-order valence-electron chi connectivity index (χ3n) is 4.83. The van der Waals surface area contributed by atoms with E-state index < -0.39 is 0 Å². The van der Waals surface area contributed by atoms with E-state index in [1.807, 2.05) is 73.1 Å². The monoisotopic (exact) mass is 408 g/mol. The highest BCUT2D eigenvalue weighted by Crippen LogP contribution is 2.39. The molecule has 6 nitrogen and oxygen atoms in total. The number of rotatable bonds is 8. The largest absolute Gasteiger partial charge is 0.489 e. The van der Waals surface area contributed by atoms with Gasteiger partial charge in [-0.15, -0.1) is 10.2 Å². The molecule has 1 aliphatic carbocycles. The molecule has 0 aliphatic heterocycles. The Bertz CT molecular complexity index is 968. The summed E-state index contributed by atoms with van der Waals surface area (Å²) in [6.45, 7) is 2.39. The van der Waals surface area contributed by atoms with E-state index in [2.05, 4.69) is 15.5 Å². The number of nitrogens with zero attached hydrogens (tertiary/aromatic N) is 3. The summed E-state index contributed by atoms with van der Waals surface area (Å²) in [4.78, 5) is 12.6. The molecule has 1 amide bonds. The standard InChI is InChI=1S/C22H24N4O2S/c1-15(29-22-25-24-20(26(22)2)17-8-9-17)21(27)23-18-10-12-19(13-11-18)28-14-16-6-4-3-5-7-16/h3-7,10-13,15,17H,8-9,14H2,1-2H3,(H,23,27). The number of nitrogens with one attached hydrogen (secondary N) is 1. The number of thioether (sulfide) groups is 1. The van der Waals surface area contributed by atoms with Gasteiger partial charge in [-0.3, -0.25) is 4.79 Å². The zero-order valence-electron chi connectivity index (χ0n) is 16.5. The Kier molecular flexibility index (Phi) is 5.85. The van der Waals surface area contributed by atoms with Crippen molar-refractivity contribution in [3.8, 4) is 5.75 Å². The lowest BCUT2D eigenvalue weighted by Crippen LogP contribution is -2.22. The fourth-order valence-corrected chi connectivity index (χ4v) is 3.78. The molecule has 1 aliphatic rings. The highest BCUT2D eigenvalue weighted by atomic mass is 32.2. The Morgan fingerprint density at radius 3 is 2.59 bits per heavy atom. The lowest BCUT2D eigenvalue weighted by molar-refractivity contribution is -0.115. The van der Waals surface area contributed by atoms with Crippen molar-refractivity contribution in [3.05, 3.63) is 66.0 Å². The van der Waals surface area contributed by atoms with Crippen molar-refractivity contribution in [1.29, 1.82) is 0 Å². The molecule has 1 fully saturated rings. The molecule has 7 heteroatoms. The van der Waals surface area contributed by atoms with Crippen LogP contribution >= 0.6 is 11.8 Å². The van der Waals surface area contributed by atoms with Gasteiger partial charge in [0, 0.05) is 18.7 Å². The van der Waals surface area contributed by atoms with Gasteiger partial charge in [-0.05, 0) is 49.6 Å². The average molecular weight is 409 g/mol. The second-order valence-electron chi connectivity index (χ2n) is 7.22. The third-order valence-corrected chi connectivity index (χ3v) is 5.97. The van der Waals surface area contributed by atoms with Gasteiger partial charge in [0.25, 0.3) is 0 Å². The zero-order valence-corrected chi connectivity index (χ0v) is 17.4. The molecule has 0 bridgehead atoms. The van der Waals surface area contributed by atoms with E-state index in [-0.39, 0.29) is 11.2 Å². The number of amides is 1. The van der Waals surface area contributed by atoms with Gasteiger partial charge < -0.3 is 14.6 Å². The SMILES string of the molecule is CC(Sc1nnc(C2CC2)n1C)C(=O)Nc1ccc(OCc2ccccc2)cc1. The normalized spacial score (nSPS) is 14.4. The van der Waals surface area contributed by atoms with Gasteiger partial charge in [0.15, 0.2) is 5.16 Å². The molecule has 2 aromatic carbocycles. The Balaban J connectivity index is 1.29. The minimum Gasteiger partial charge on any atom is -0.489 e. The smallest absolute Gasteiger partial charge is 0.237 e. The summed E-state index contributed by atoms with van der Waals surface area (Å²) < 4.78 is 7.79. The average Bonchev–Trinajstić information content (AvgIpc) is 3.52. The first-order valence-corrected chi connectivity index (χ1v) is 10.6. The van der Waals surface area contributed by atoms with Crippen LogP contribution in [0.2, 0.25) is 0 Å². The van der Waals surface area contributed by atoms with Gasteiger partial charge >= 0.3 is 0 Å². The van der Waals surface area contributed by atoms with Gasteiger partial charge in [0.2, 0.25) is 5.91 Å². The number of benzene rings is 2.